The van der Waals surface area contributed by atoms with E-state index in [0.717, 1.165) is 18.5 Å². The van der Waals surface area contributed by atoms with Crippen molar-refractivity contribution >= 4 is 16.0 Å². The molecule has 0 spiro atoms. The molecule has 8 nitrogen and oxygen atoms in total. The number of carboxylic acids is 1. The van der Waals surface area contributed by atoms with Gasteiger partial charge in [0.15, 0.2) is 5.82 Å². The van der Waals surface area contributed by atoms with Gasteiger partial charge in [0.25, 0.3) is 0 Å². The van der Waals surface area contributed by atoms with Gasteiger partial charge in [-0.15, -0.1) is 0 Å². The van der Waals surface area contributed by atoms with Crippen LogP contribution in [0, 0.1) is 5.82 Å². The number of aromatic nitrogens is 2. The summed E-state index contributed by atoms with van der Waals surface area (Å²) < 4.78 is 43.8. The summed E-state index contributed by atoms with van der Waals surface area (Å²) in [6.45, 7) is -0.279. The zero-order valence-corrected chi connectivity index (χ0v) is 10.6. The maximum absolute atomic E-state index is 13.6. The summed E-state index contributed by atoms with van der Waals surface area (Å²) in [4.78, 5) is 13.6. The number of halogens is 1. The molecule has 0 aliphatic rings. The SMILES string of the molecule is O=C(O)c1ccc(S(=O)(=O)NCc2ncon2)c(F)c1. The molecular formula is C10H8FN3O5S. The smallest absolute Gasteiger partial charge is 0.335 e. The summed E-state index contributed by atoms with van der Waals surface area (Å²) in [6, 6.07) is 2.50. The van der Waals surface area contributed by atoms with Crippen molar-refractivity contribution < 1.29 is 27.2 Å². The Morgan fingerprint density at radius 3 is 2.75 bits per heavy atom. The van der Waals surface area contributed by atoms with Crippen molar-refractivity contribution in [1.82, 2.24) is 14.9 Å². The lowest BCUT2D eigenvalue weighted by Crippen LogP contribution is -2.25. The third kappa shape index (κ3) is 2.97. The lowest BCUT2D eigenvalue weighted by molar-refractivity contribution is 0.0696. The molecule has 10 heteroatoms. The van der Waals surface area contributed by atoms with Gasteiger partial charge in [-0.3, -0.25) is 0 Å². The maximum atomic E-state index is 13.6. The van der Waals surface area contributed by atoms with Gasteiger partial charge in [0.05, 0.1) is 12.1 Å². The molecule has 1 heterocycles. The Balaban J connectivity index is 2.23. The largest absolute Gasteiger partial charge is 0.478 e. The molecule has 2 aromatic rings. The van der Waals surface area contributed by atoms with Crippen molar-refractivity contribution in [3.05, 3.63) is 41.8 Å². The number of nitrogens with zero attached hydrogens (tertiary/aromatic N) is 2. The van der Waals surface area contributed by atoms with Crippen LogP contribution >= 0.6 is 0 Å². The zero-order valence-electron chi connectivity index (χ0n) is 9.78. The molecule has 1 aromatic heterocycles. The fourth-order valence-electron chi connectivity index (χ4n) is 1.36. The Hall–Kier alpha value is -2.33. The number of hydrogen-bond donors (Lipinski definition) is 2. The number of nitrogens with one attached hydrogen (secondary N) is 1. The lowest BCUT2D eigenvalue weighted by atomic mass is 10.2. The average molecular weight is 301 g/mol. The Kier molecular flexibility index (Phi) is 3.77. The normalized spacial score (nSPS) is 11.4. The summed E-state index contributed by atoms with van der Waals surface area (Å²) in [7, 11) is -4.15. The number of sulfonamides is 1. The van der Waals surface area contributed by atoms with Gasteiger partial charge in [-0.2, -0.15) is 4.98 Å². The summed E-state index contributed by atoms with van der Waals surface area (Å²) in [6.07, 6.45) is 1.02. The van der Waals surface area contributed by atoms with Crippen LogP contribution in [0.5, 0.6) is 0 Å². The van der Waals surface area contributed by atoms with Crippen LogP contribution in [0.3, 0.4) is 0 Å². The van der Waals surface area contributed by atoms with Gasteiger partial charge in [-0.1, -0.05) is 5.16 Å². The molecule has 0 aliphatic heterocycles. The Labute approximate surface area is 112 Å². The molecular weight excluding hydrogens is 293 g/mol. The van der Waals surface area contributed by atoms with Crippen molar-refractivity contribution in [2.24, 2.45) is 0 Å². The topological polar surface area (TPSA) is 122 Å². The first-order valence-electron chi connectivity index (χ1n) is 5.18. The van der Waals surface area contributed by atoms with Crippen LogP contribution in [-0.2, 0) is 16.6 Å². The number of carboxylic acid groups (broad SMARTS) is 1. The summed E-state index contributed by atoms with van der Waals surface area (Å²) in [5.74, 6) is -2.44. The summed E-state index contributed by atoms with van der Waals surface area (Å²) >= 11 is 0. The third-order valence-electron chi connectivity index (χ3n) is 2.30. The standard InChI is InChI=1S/C10H8FN3O5S/c11-7-3-6(10(15)16)1-2-8(7)20(17,18)13-4-9-12-5-19-14-9/h1-3,5,13H,4H2,(H,15,16). The van der Waals surface area contributed by atoms with Crippen LogP contribution in [0.25, 0.3) is 0 Å². The maximum Gasteiger partial charge on any atom is 0.335 e. The van der Waals surface area contributed by atoms with E-state index in [1.807, 2.05) is 0 Å². The summed E-state index contributed by atoms with van der Waals surface area (Å²) in [5, 5.41) is 12.1. The number of benzene rings is 1. The zero-order chi connectivity index (χ0) is 14.8. The minimum Gasteiger partial charge on any atom is -0.478 e. The van der Waals surface area contributed by atoms with Crippen LogP contribution < -0.4 is 4.72 Å². The van der Waals surface area contributed by atoms with Crippen molar-refractivity contribution in [2.75, 3.05) is 0 Å². The Bertz CT molecular complexity index is 729. The van der Waals surface area contributed by atoms with Gasteiger partial charge >= 0.3 is 5.97 Å². The van der Waals surface area contributed by atoms with Crippen LogP contribution in [-0.4, -0.2) is 29.6 Å². The number of aromatic carboxylic acids is 1. The van der Waals surface area contributed by atoms with E-state index in [-0.39, 0.29) is 17.9 Å². The van der Waals surface area contributed by atoms with Gasteiger partial charge in [0.2, 0.25) is 16.4 Å². The van der Waals surface area contributed by atoms with Crippen molar-refractivity contribution in [3.63, 3.8) is 0 Å². The van der Waals surface area contributed by atoms with E-state index in [2.05, 4.69) is 19.4 Å². The highest BCUT2D eigenvalue weighted by Gasteiger charge is 2.20. The lowest BCUT2D eigenvalue weighted by Gasteiger charge is -2.06. The molecule has 20 heavy (non-hydrogen) atoms. The van der Waals surface area contributed by atoms with Gasteiger partial charge in [0, 0.05) is 0 Å². The fraction of sp³-hybridized carbons (Fsp3) is 0.100. The highest BCUT2D eigenvalue weighted by atomic mass is 32.2. The van der Waals surface area contributed by atoms with E-state index < -0.39 is 26.7 Å². The molecule has 0 atom stereocenters. The van der Waals surface area contributed by atoms with E-state index in [1.165, 1.54) is 0 Å². The van der Waals surface area contributed by atoms with E-state index >= 15 is 0 Å². The Morgan fingerprint density at radius 2 is 2.20 bits per heavy atom. The molecule has 0 amide bonds. The molecule has 0 fully saturated rings. The van der Waals surface area contributed by atoms with Crippen LogP contribution in [0.15, 0.2) is 34.0 Å². The predicted molar refractivity (Wildman–Crippen MR) is 61.7 cm³/mol. The molecule has 2 N–H and O–H groups in total. The minimum absolute atomic E-state index is 0.0798. The first-order valence-corrected chi connectivity index (χ1v) is 6.66. The van der Waals surface area contributed by atoms with Gasteiger partial charge < -0.3 is 9.63 Å². The van der Waals surface area contributed by atoms with E-state index in [0.29, 0.717) is 6.07 Å². The molecule has 0 bridgehead atoms. The first-order chi connectivity index (χ1) is 9.40. The second kappa shape index (κ2) is 5.35. The summed E-state index contributed by atoms with van der Waals surface area (Å²) in [5.41, 5.74) is -0.348. The number of carbonyl (C=O) groups is 1. The second-order valence-corrected chi connectivity index (χ2v) is 5.36. The van der Waals surface area contributed by atoms with E-state index in [9.17, 15) is 17.6 Å². The van der Waals surface area contributed by atoms with Gasteiger partial charge in [-0.25, -0.2) is 22.3 Å². The molecule has 0 saturated carbocycles. The highest BCUT2D eigenvalue weighted by Crippen LogP contribution is 2.16. The second-order valence-electron chi connectivity index (χ2n) is 3.62. The van der Waals surface area contributed by atoms with Crippen LogP contribution in [0.4, 0.5) is 4.39 Å². The fourth-order valence-corrected chi connectivity index (χ4v) is 2.40. The predicted octanol–water partition coefficient (Wildman–Crippen LogP) is 0.385. The monoisotopic (exact) mass is 301 g/mol. The van der Waals surface area contributed by atoms with Gasteiger partial charge in [0.1, 0.15) is 10.7 Å². The Morgan fingerprint density at radius 1 is 1.45 bits per heavy atom. The van der Waals surface area contributed by atoms with Crippen molar-refractivity contribution in [3.8, 4) is 0 Å². The van der Waals surface area contributed by atoms with E-state index in [4.69, 9.17) is 5.11 Å². The molecule has 106 valence electrons. The van der Waals surface area contributed by atoms with Gasteiger partial charge in [-0.05, 0) is 18.2 Å². The molecule has 0 saturated heterocycles. The molecule has 0 radical (unpaired) electrons. The number of hydrogen-bond acceptors (Lipinski definition) is 6. The average Bonchev–Trinajstić information content (AvgIpc) is 2.89. The van der Waals surface area contributed by atoms with Crippen molar-refractivity contribution in [2.45, 2.75) is 11.4 Å². The minimum atomic E-state index is -4.15. The first kappa shape index (κ1) is 14.1. The molecule has 1 aromatic carbocycles. The van der Waals surface area contributed by atoms with E-state index in [1.54, 1.807) is 0 Å². The molecule has 0 aliphatic carbocycles. The quantitative estimate of drug-likeness (QED) is 0.818. The van der Waals surface area contributed by atoms with Crippen LogP contribution in [0.2, 0.25) is 0 Å². The molecule has 0 unspecified atom stereocenters. The van der Waals surface area contributed by atoms with Crippen LogP contribution in [0.1, 0.15) is 16.2 Å². The highest BCUT2D eigenvalue weighted by molar-refractivity contribution is 7.89. The van der Waals surface area contributed by atoms with Crippen molar-refractivity contribution in [1.29, 1.82) is 0 Å². The number of rotatable bonds is 5. The third-order valence-corrected chi connectivity index (χ3v) is 3.73. The molecule has 2 rings (SSSR count).